The Labute approximate surface area is 162 Å². The first kappa shape index (κ1) is 19.5. The first-order valence-corrected chi connectivity index (χ1v) is 8.94. The number of ketones is 1. The molecular formula is C20H22N2O6. The lowest BCUT2D eigenvalue weighted by molar-refractivity contribution is -0.141. The lowest BCUT2D eigenvalue weighted by Gasteiger charge is -2.08. The van der Waals surface area contributed by atoms with E-state index in [2.05, 4.69) is 5.32 Å². The van der Waals surface area contributed by atoms with Crippen LogP contribution in [0.4, 0.5) is 0 Å². The lowest BCUT2D eigenvalue weighted by Crippen LogP contribution is -2.31. The Bertz CT molecular complexity index is 931. The highest BCUT2D eigenvalue weighted by Gasteiger charge is 2.19. The van der Waals surface area contributed by atoms with Crippen LogP contribution in [-0.4, -0.2) is 42.2 Å². The third-order valence-electron chi connectivity index (χ3n) is 4.58. The highest BCUT2D eigenvalue weighted by atomic mass is 16.7. The maximum atomic E-state index is 12.3. The van der Waals surface area contributed by atoms with Crippen molar-refractivity contribution in [3.63, 3.8) is 0 Å². The zero-order chi connectivity index (χ0) is 20.3. The predicted molar refractivity (Wildman–Crippen MR) is 99.8 cm³/mol. The van der Waals surface area contributed by atoms with Gasteiger partial charge >= 0.3 is 5.97 Å². The van der Waals surface area contributed by atoms with Gasteiger partial charge in [-0.05, 0) is 45.0 Å². The number of hydrogen-bond acceptors (Lipinski definition) is 6. The van der Waals surface area contributed by atoms with Gasteiger partial charge in [0.1, 0.15) is 6.54 Å². The normalized spacial score (nSPS) is 12.0. The van der Waals surface area contributed by atoms with Gasteiger partial charge in [-0.15, -0.1) is 0 Å². The summed E-state index contributed by atoms with van der Waals surface area (Å²) in [5.74, 6) is -0.370. The zero-order valence-corrected chi connectivity index (χ0v) is 16.0. The second kappa shape index (κ2) is 8.16. The van der Waals surface area contributed by atoms with Gasteiger partial charge in [-0.25, -0.2) is 0 Å². The average molecular weight is 386 g/mol. The quantitative estimate of drug-likeness (QED) is 0.578. The standard InChI is InChI=1S/C20H22N2O6/c1-4-22-12(2)7-15(13(22)3)16(23)10-26-19(24)9-21-20(25)14-5-6-17-18(8-14)28-11-27-17/h5-8H,4,9-11H2,1-3H3,(H,21,25). The topological polar surface area (TPSA) is 95.9 Å². The highest BCUT2D eigenvalue weighted by Crippen LogP contribution is 2.32. The third-order valence-corrected chi connectivity index (χ3v) is 4.58. The number of carbonyl (C=O) groups excluding carboxylic acids is 3. The summed E-state index contributed by atoms with van der Waals surface area (Å²) in [5, 5.41) is 2.46. The lowest BCUT2D eigenvalue weighted by atomic mass is 10.1. The minimum absolute atomic E-state index is 0.112. The summed E-state index contributed by atoms with van der Waals surface area (Å²) in [6.45, 7) is 5.94. The number of carbonyl (C=O) groups is 3. The first-order chi connectivity index (χ1) is 13.4. The number of aromatic nitrogens is 1. The van der Waals surface area contributed by atoms with Crippen LogP contribution in [0.25, 0.3) is 0 Å². The number of amides is 1. The largest absolute Gasteiger partial charge is 0.456 e. The fourth-order valence-electron chi connectivity index (χ4n) is 3.14. The van der Waals surface area contributed by atoms with Crippen molar-refractivity contribution in [2.45, 2.75) is 27.3 Å². The molecule has 2 heterocycles. The molecule has 0 radical (unpaired) electrons. The molecule has 8 nitrogen and oxygen atoms in total. The second-order valence-electron chi connectivity index (χ2n) is 6.36. The van der Waals surface area contributed by atoms with Crippen molar-refractivity contribution in [2.24, 2.45) is 0 Å². The number of aryl methyl sites for hydroxylation is 1. The van der Waals surface area contributed by atoms with Gasteiger partial charge in [-0.1, -0.05) is 0 Å². The number of Topliss-reactive ketones (excluding diaryl/α,β-unsaturated/α-hetero) is 1. The van der Waals surface area contributed by atoms with Gasteiger partial charge in [-0.2, -0.15) is 0 Å². The number of rotatable bonds is 7. The smallest absolute Gasteiger partial charge is 0.325 e. The average Bonchev–Trinajstić information content (AvgIpc) is 3.27. The van der Waals surface area contributed by atoms with Crippen LogP contribution >= 0.6 is 0 Å². The summed E-state index contributed by atoms with van der Waals surface area (Å²) < 4.78 is 17.4. The maximum Gasteiger partial charge on any atom is 0.325 e. The van der Waals surface area contributed by atoms with E-state index in [-0.39, 0.29) is 25.7 Å². The van der Waals surface area contributed by atoms with Crippen LogP contribution in [0.3, 0.4) is 0 Å². The van der Waals surface area contributed by atoms with E-state index in [0.717, 1.165) is 17.9 Å². The van der Waals surface area contributed by atoms with E-state index < -0.39 is 11.9 Å². The number of nitrogens with one attached hydrogen (secondary N) is 1. The van der Waals surface area contributed by atoms with E-state index in [1.165, 1.54) is 6.07 Å². The molecule has 0 fully saturated rings. The minimum atomic E-state index is -0.688. The Morgan fingerprint density at radius 3 is 2.61 bits per heavy atom. The van der Waals surface area contributed by atoms with Crippen molar-refractivity contribution in [1.29, 1.82) is 0 Å². The van der Waals surface area contributed by atoms with Crippen molar-refractivity contribution < 1.29 is 28.6 Å². The Hall–Kier alpha value is -3.29. The summed E-state index contributed by atoms with van der Waals surface area (Å²) in [4.78, 5) is 36.3. The van der Waals surface area contributed by atoms with Crippen LogP contribution in [0.1, 0.15) is 39.0 Å². The number of benzene rings is 1. The molecule has 0 atom stereocenters. The molecular weight excluding hydrogens is 364 g/mol. The molecule has 0 unspecified atom stereocenters. The molecule has 28 heavy (non-hydrogen) atoms. The van der Waals surface area contributed by atoms with Crippen molar-refractivity contribution in [1.82, 2.24) is 9.88 Å². The van der Waals surface area contributed by atoms with E-state index in [1.54, 1.807) is 18.2 Å². The molecule has 1 N–H and O–H groups in total. The molecule has 2 aromatic rings. The highest BCUT2D eigenvalue weighted by molar-refractivity contribution is 6.00. The second-order valence-corrected chi connectivity index (χ2v) is 6.36. The Kier molecular flexibility index (Phi) is 5.67. The number of ether oxygens (including phenoxy) is 3. The van der Waals surface area contributed by atoms with Crippen LogP contribution in [0, 0.1) is 13.8 Å². The molecule has 1 aliphatic rings. The van der Waals surface area contributed by atoms with Crippen molar-refractivity contribution in [2.75, 3.05) is 19.9 Å². The molecule has 0 saturated heterocycles. The van der Waals surface area contributed by atoms with Crippen LogP contribution in [0.15, 0.2) is 24.3 Å². The predicted octanol–water partition coefficient (Wildman–Crippen LogP) is 2.01. The van der Waals surface area contributed by atoms with E-state index >= 15 is 0 Å². The van der Waals surface area contributed by atoms with Crippen LogP contribution in [0.2, 0.25) is 0 Å². The molecule has 1 aromatic carbocycles. The van der Waals surface area contributed by atoms with E-state index in [4.69, 9.17) is 14.2 Å². The molecule has 1 aliphatic heterocycles. The fourth-order valence-corrected chi connectivity index (χ4v) is 3.14. The van der Waals surface area contributed by atoms with Gasteiger partial charge in [-0.3, -0.25) is 14.4 Å². The molecule has 0 bridgehead atoms. The summed E-state index contributed by atoms with van der Waals surface area (Å²) in [6, 6.07) is 6.52. The number of hydrogen-bond donors (Lipinski definition) is 1. The van der Waals surface area contributed by atoms with Crippen LogP contribution < -0.4 is 14.8 Å². The van der Waals surface area contributed by atoms with Crippen LogP contribution in [-0.2, 0) is 16.1 Å². The van der Waals surface area contributed by atoms with E-state index in [0.29, 0.717) is 22.6 Å². The summed E-state index contributed by atoms with van der Waals surface area (Å²) in [7, 11) is 0. The SMILES string of the molecule is CCn1c(C)cc(C(=O)COC(=O)CNC(=O)c2ccc3c(c2)OCO3)c1C. The fraction of sp³-hybridized carbons (Fsp3) is 0.350. The van der Waals surface area contributed by atoms with Gasteiger partial charge < -0.3 is 24.1 Å². The maximum absolute atomic E-state index is 12.3. The summed E-state index contributed by atoms with van der Waals surface area (Å²) in [6.07, 6.45) is 0. The molecule has 8 heteroatoms. The van der Waals surface area contributed by atoms with Gasteiger partial charge in [0.25, 0.3) is 5.91 Å². The monoisotopic (exact) mass is 386 g/mol. The zero-order valence-electron chi connectivity index (χ0n) is 16.0. The van der Waals surface area contributed by atoms with E-state index in [1.807, 2.05) is 25.3 Å². The molecule has 0 saturated carbocycles. The Morgan fingerprint density at radius 2 is 1.89 bits per heavy atom. The molecule has 0 aliphatic carbocycles. The number of nitrogens with zero attached hydrogens (tertiary/aromatic N) is 1. The Balaban J connectivity index is 1.49. The van der Waals surface area contributed by atoms with Gasteiger partial charge in [0.2, 0.25) is 12.6 Å². The summed E-state index contributed by atoms with van der Waals surface area (Å²) in [5.41, 5.74) is 2.69. The number of esters is 1. The molecule has 1 aromatic heterocycles. The molecule has 3 rings (SSSR count). The summed E-state index contributed by atoms with van der Waals surface area (Å²) >= 11 is 0. The van der Waals surface area contributed by atoms with E-state index in [9.17, 15) is 14.4 Å². The minimum Gasteiger partial charge on any atom is -0.456 e. The first-order valence-electron chi connectivity index (χ1n) is 8.94. The molecule has 1 amide bonds. The van der Waals surface area contributed by atoms with Gasteiger partial charge in [0.05, 0.1) is 0 Å². The van der Waals surface area contributed by atoms with Crippen molar-refractivity contribution in [3.8, 4) is 11.5 Å². The van der Waals surface area contributed by atoms with Crippen molar-refractivity contribution in [3.05, 3.63) is 46.8 Å². The van der Waals surface area contributed by atoms with Gasteiger partial charge in [0.15, 0.2) is 18.1 Å². The number of fused-ring (bicyclic) bond motifs is 1. The van der Waals surface area contributed by atoms with Crippen LogP contribution in [0.5, 0.6) is 11.5 Å². The van der Waals surface area contributed by atoms with Crippen molar-refractivity contribution >= 4 is 17.7 Å². The Morgan fingerprint density at radius 1 is 1.14 bits per heavy atom. The van der Waals surface area contributed by atoms with Gasteiger partial charge in [0, 0.05) is 29.1 Å². The molecule has 148 valence electrons. The third kappa shape index (κ3) is 4.00. The molecule has 0 spiro atoms.